The van der Waals surface area contributed by atoms with Crippen molar-refractivity contribution >= 4 is 72.3 Å². The number of sulfonamides is 1. The molecule has 0 spiro atoms. The molecular formula is C25H23BrClN4O7S. The van der Waals surface area contributed by atoms with Crippen molar-refractivity contribution in [1.29, 1.82) is 0 Å². The molecule has 0 aliphatic carbocycles. The number of hydrogen-bond acceptors (Lipinski definition) is 8. The summed E-state index contributed by atoms with van der Waals surface area (Å²) in [6.07, 6.45) is -0.691. The number of carbonyl (C=O) groups excluding carboxylic acids is 2. The molecule has 0 bridgehead atoms. The van der Waals surface area contributed by atoms with E-state index in [4.69, 9.17) is 16.3 Å². The minimum Gasteiger partial charge on any atom is -0.444 e. The third-order valence-corrected chi connectivity index (χ3v) is 7.23. The number of anilines is 3. The molecule has 0 aromatic heterocycles. The summed E-state index contributed by atoms with van der Waals surface area (Å²) < 4.78 is 33.7. The highest BCUT2D eigenvalue weighted by atomic mass is 79.9. The van der Waals surface area contributed by atoms with E-state index in [1.807, 2.05) is 4.72 Å². The van der Waals surface area contributed by atoms with Gasteiger partial charge in [-0.1, -0.05) is 33.6 Å². The van der Waals surface area contributed by atoms with Crippen molar-refractivity contribution < 1.29 is 27.7 Å². The monoisotopic (exact) mass is 637 g/mol. The summed E-state index contributed by atoms with van der Waals surface area (Å²) in [5, 5.41) is 17.1. The molecule has 3 aromatic carbocycles. The van der Waals surface area contributed by atoms with Crippen LogP contribution in [0.5, 0.6) is 0 Å². The molecule has 3 aromatic rings. The van der Waals surface area contributed by atoms with Crippen molar-refractivity contribution in [2.24, 2.45) is 0 Å². The third-order valence-electron chi connectivity index (χ3n) is 4.91. The van der Waals surface area contributed by atoms with Gasteiger partial charge in [-0.2, -0.15) is 0 Å². The quantitative estimate of drug-likeness (QED) is 0.200. The first-order valence-corrected chi connectivity index (χ1v) is 13.8. The van der Waals surface area contributed by atoms with Gasteiger partial charge in [0.2, 0.25) is 0 Å². The summed E-state index contributed by atoms with van der Waals surface area (Å²) in [4.78, 5) is 35.0. The first-order chi connectivity index (χ1) is 18.1. The van der Waals surface area contributed by atoms with E-state index in [1.54, 1.807) is 26.8 Å². The lowest BCUT2D eigenvalue weighted by molar-refractivity contribution is -0.388. The standard InChI is InChI=1S/C25H23BrClN4O7S/c1-14-6-5-7-21(31(34)35)22(14)39(36,37)30-23(32)17-10-8-15(26)12-20(17)28-16-9-11-19(18(27)13-16)29-24(33)38-25(2,3)4/h5-6,8-13,28H,1-4H3,(H,29,33)(H,30,32). The van der Waals surface area contributed by atoms with Crippen molar-refractivity contribution in [3.05, 3.63) is 85.3 Å². The molecule has 3 rings (SSSR count). The summed E-state index contributed by atoms with van der Waals surface area (Å²) in [6, 6.07) is 13.9. The molecule has 0 atom stereocenters. The lowest BCUT2D eigenvalue weighted by atomic mass is 10.1. The van der Waals surface area contributed by atoms with Crippen LogP contribution in [0.1, 0.15) is 36.7 Å². The fourth-order valence-electron chi connectivity index (χ4n) is 3.36. The second kappa shape index (κ2) is 11.6. The summed E-state index contributed by atoms with van der Waals surface area (Å²) in [5.41, 5.74) is -0.587. The number of rotatable bonds is 7. The topological polar surface area (TPSA) is 157 Å². The van der Waals surface area contributed by atoms with Crippen LogP contribution in [0.25, 0.3) is 0 Å². The maximum absolute atomic E-state index is 13.1. The Bertz CT molecular complexity index is 1570. The zero-order chi connectivity index (χ0) is 29.1. The Hall–Kier alpha value is -3.68. The number of benzene rings is 3. The van der Waals surface area contributed by atoms with Crippen LogP contribution in [0, 0.1) is 23.1 Å². The lowest BCUT2D eigenvalue weighted by Crippen LogP contribution is -2.32. The molecule has 11 nitrogen and oxygen atoms in total. The van der Waals surface area contributed by atoms with E-state index in [9.17, 15) is 28.1 Å². The number of amides is 2. The van der Waals surface area contributed by atoms with Gasteiger partial charge in [0.05, 0.1) is 33.0 Å². The van der Waals surface area contributed by atoms with Crippen LogP contribution in [0.15, 0.2) is 57.9 Å². The predicted molar refractivity (Wildman–Crippen MR) is 150 cm³/mol. The van der Waals surface area contributed by atoms with Crippen molar-refractivity contribution in [2.75, 3.05) is 10.6 Å². The highest BCUT2D eigenvalue weighted by Gasteiger charge is 2.30. The molecule has 0 unspecified atom stereocenters. The number of nitro groups is 1. The molecule has 0 saturated carbocycles. The highest BCUT2D eigenvalue weighted by molar-refractivity contribution is 9.10. The average Bonchev–Trinajstić information content (AvgIpc) is 2.79. The van der Waals surface area contributed by atoms with Gasteiger partial charge in [-0.25, -0.2) is 17.9 Å². The van der Waals surface area contributed by atoms with Gasteiger partial charge < -0.3 is 10.1 Å². The molecule has 1 radical (unpaired) electrons. The predicted octanol–water partition coefficient (Wildman–Crippen LogP) is 6.33. The van der Waals surface area contributed by atoms with Gasteiger partial charge in [-0.05, 0) is 75.7 Å². The van der Waals surface area contributed by atoms with Gasteiger partial charge in [0.25, 0.3) is 21.6 Å². The number of halogens is 2. The fraction of sp³-hybridized carbons (Fsp3) is 0.200. The van der Waals surface area contributed by atoms with Gasteiger partial charge in [-0.3, -0.25) is 20.2 Å². The van der Waals surface area contributed by atoms with Crippen LogP contribution in [0.3, 0.4) is 0 Å². The SMILES string of the molecule is Cc1cc[c]c([N+](=O)[O-])c1S(=O)(=O)NC(=O)c1ccc(Br)cc1Nc1ccc(NC(=O)OC(C)(C)C)c(Cl)c1. The Morgan fingerprint density at radius 1 is 1.10 bits per heavy atom. The summed E-state index contributed by atoms with van der Waals surface area (Å²) in [6.45, 7) is 6.54. The minimum absolute atomic E-state index is 0.0737. The fourth-order valence-corrected chi connectivity index (χ4v) is 5.28. The van der Waals surface area contributed by atoms with Gasteiger partial charge in [-0.15, -0.1) is 0 Å². The largest absolute Gasteiger partial charge is 0.444 e. The van der Waals surface area contributed by atoms with E-state index in [2.05, 4.69) is 32.6 Å². The van der Waals surface area contributed by atoms with Crippen LogP contribution in [-0.4, -0.2) is 30.9 Å². The van der Waals surface area contributed by atoms with E-state index in [0.717, 1.165) is 0 Å². The Labute approximate surface area is 238 Å². The van der Waals surface area contributed by atoms with Crippen LogP contribution >= 0.6 is 27.5 Å². The van der Waals surface area contributed by atoms with Crippen molar-refractivity contribution in [3.8, 4) is 0 Å². The van der Waals surface area contributed by atoms with Gasteiger partial charge >= 0.3 is 6.09 Å². The highest BCUT2D eigenvalue weighted by Crippen LogP contribution is 2.31. The van der Waals surface area contributed by atoms with Crippen LogP contribution in [-0.2, 0) is 14.8 Å². The van der Waals surface area contributed by atoms with E-state index in [1.165, 1.54) is 49.4 Å². The zero-order valence-corrected chi connectivity index (χ0v) is 24.2. The molecule has 0 aliphatic heterocycles. The van der Waals surface area contributed by atoms with E-state index < -0.39 is 43.1 Å². The smallest absolute Gasteiger partial charge is 0.412 e. The average molecular weight is 639 g/mol. The summed E-state index contributed by atoms with van der Waals surface area (Å²) in [7, 11) is -4.64. The molecule has 3 N–H and O–H groups in total. The van der Waals surface area contributed by atoms with Gasteiger partial charge in [0.15, 0.2) is 4.90 Å². The Morgan fingerprint density at radius 3 is 2.41 bits per heavy atom. The summed E-state index contributed by atoms with van der Waals surface area (Å²) >= 11 is 9.63. The number of aryl methyl sites for hydroxylation is 1. The van der Waals surface area contributed by atoms with Crippen molar-refractivity contribution in [2.45, 2.75) is 38.2 Å². The van der Waals surface area contributed by atoms with Gasteiger partial charge in [0, 0.05) is 10.2 Å². The summed E-state index contributed by atoms with van der Waals surface area (Å²) in [5.74, 6) is -1.03. The zero-order valence-electron chi connectivity index (χ0n) is 21.1. The van der Waals surface area contributed by atoms with Crippen LogP contribution < -0.4 is 15.4 Å². The Balaban J connectivity index is 1.88. The van der Waals surface area contributed by atoms with Crippen LogP contribution in [0.4, 0.5) is 27.5 Å². The molecule has 2 amide bonds. The lowest BCUT2D eigenvalue weighted by Gasteiger charge is -2.20. The Morgan fingerprint density at radius 2 is 1.79 bits per heavy atom. The first-order valence-electron chi connectivity index (χ1n) is 11.2. The van der Waals surface area contributed by atoms with E-state index in [-0.39, 0.29) is 27.5 Å². The van der Waals surface area contributed by atoms with Crippen LogP contribution in [0.2, 0.25) is 5.02 Å². The Kier molecular flexibility index (Phi) is 8.88. The molecule has 39 heavy (non-hydrogen) atoms. The molecule has 0 fully saturated rings. The maximum atomic E-state index is 13.1. The molecule has 205 valence electrons. The van der Waals surface area contributed by atoms with E-state index in [0.29, 0.717) is 10.2 Å². The molecule has 0 aliphatic rings. The number of hydrogen-bond donors (Lipinski definition) is 3. The van der Waals surface area contributed by atoms with E-state index >= 15 is 0 Å². The second-order valence-electron chi connectivity index (χ2n) is 9.17. The normalized spacial score (nSPS) is 11.4. The third kappa shape index (κ3) is 7.68. The molecular weight excluding hydrogens is 616 g/mol. The number of carbonyl (C=O) groups is 2. The van der Waals surface area contributed by atoms with Crippen molar-refractivity contribution in [1.82, 2.24) is 4.72 Å². The van der Waals surface area contributed by atoms with Crippen molar-refractivity contribution in [3.63, 3.8) is 0 Å². The minimum atomic E-state index is -4.64. The number of nitrogens with zero attached hydrogens (tertiary/aromatic N) is 1. The number of ether oxygens (including phenoxy) is 1. The first kappa shape index (κ1) is 29.9. The number of nitrogens with one attached hydrogen (secondary N) is 3. The number of nitro benzene ring substituents is 1. The second-order valence-corrected chi connectivity index (χ2v) is 12.1. The molecule has 14 heteroatoms. The maximum Gasteiger partial charge on any atom is 0.412 e. The van der Waals surface area contributed by atoms with Gasteiger partial charge in [0.1, 0.15) is 5.60 Å². The molecule has 0 saturated heterocycles. The molecule has 0 heterocycles.